The smallest absolute Gasteiger partial charge is 0.303 e. The van der Waals surface area contributed by atoms with Crippen molar-refractivity contribution in [1.82, 2.24) is 0 Å². The normalized spacial score (nSPS) is 11.2. The number of rotatable bonds is 29. The minimum absolute atomic E-state index is 0.297. The van der Waals surface area contributed by atoms with Gasteiger partial charge in [0.1, 0.15) is 5.78 Å². The largest absolute Gasteiger partial charge is 0.481 e. The molecule has 0 aromatic heterocycles. The van der Waals surface area contributed by atoms with Crippen LogP contribution in [0.5, 0.6) is 0 Å². The van der Waals surface area contributed by atoms with E-state index in [-0.39, 0.29) is 0 Å². The van der Waals surface area contributed by atoms with E-state index < -0.39 is 5.97 Å². The molecule has 0 amide bonds. The summed E-state index contributed by atoms with van der Waals surface area (Å²) in [6.07, 6.45) is 13.5. The minimum atomic E-state index is -0.692. The molecule has 0 bridgehead atoms. The molecule has 0 fully saturated rings. The number of hydrogen-bond acceptors (Lipinski definition) is 7. The van der Waals surface area contributed by atoms with Gasteiger partial charge in [-0.05, 0) is 19.3 Å². The van der Waals surface area contributed by atoms with Gasteiger partial charge in [-0.15, -0.1) is 0 Å². The van der Waals surface area contributed by atoms with Gasteiger partial charge in [-0.3, -0.25) is 9.59 Å². The van der Waals surface area contributed by atoms with Crippen LogP contribution in [0.1, 0.15) is 89.9 Å². The Morgan fingerprint density at radius 2 is 0.824 bits per heavy atom. The number of carbonyl (C=O) groups is 2. The van der Waals surface area contributed by atoms with Gasteiger partial charge in [0.15, 0.2) is 0 Å². The van der Waals surface area contributed by atoms with E-state index in [0.717, 1.165) is 38.5 Å². The zero-order valence-electron chi connectivity index (χ0n) is 21.6. The predicted molar refractivity (Wildman–Crippen MR) is 132 cm³/mol. The van der Waals surface area contributed by atoms with Crippen molar-refractivity contribution in [2.45, 2.75) is 89.9 Å². The molecule has 0 saturated carbocycles. The second-order valence-electron chi connectivity index (χ2n) is 8.51. The Kier molecular flexibility index (Phi) is 27.3. The summed E-state index contributed by atoms with van der Waals surface area (Å²) in [7, 11) is 1.65. The molecule has 0 unspecified atom stereocenters. The van der Waals surface area contributed by atoms with Crippen LogP contribution in [0.3, 0.4) is 0 Å². The number of methoxy groups -OCH3 is 1. The minimum Gasteiger partial charge on any atom is -0.481 e. The Morgan fingerprint density at radius 3 is 1.26 bits per heavy atom. The third-order valence-corrected chi connectivity index (χ3v) is 5.39. The van der Waals surface area contributed by atoms with Gasteiger partial charge in [0.05, 0.1) is 52.9 Å². The van der Waals surface area contributed by atoms with Crippen LogP contribution < -0.4 is 0 Å². The molecular weight excluding hydrogens is 440 g/mol. The van der Waals surface area contributed by atoms with E-state index in [1.807, 2.05) is 0 Å². The average molecular weight is 491 g/mol. The summed E-state index contributed by atoms with van der Waals surface area (Å²) in [5.41, 5.74) is 0. The Balaban J connectivity index is 3.15. The van der Waals surface area contributed by atoms with Crippen molar-refractivity contribution in [3.63, 3.8) is 0 Å². The van der Waals surface area contributed by atoms with E-state index in [1.54, 1.807) is 7.11 Å². The standard InChI is InChI=1S/C26H50O8/c1-30-17-18-32-21-22-34-24-23-33-20-19-31-16-12-14-25(27)13-10-8-6-4-2-3-5-7-9-11-15-26(28)29/h2-24H2,1H3,(H,28,29). The van der Waals surface area contributed by atoms with Crippen LogP contribution >= 0.6 is 0 Å². The van der Waals surface area contributed by atoms with Gasteiger partial charge in [0.25, 0.3) is 0 Å². The average Bonchev–Trinajstić information content (AvgIpc) is 2.82. The van der Waals surface area contributed by atoms with Crippen LogP contribution in [0.2, 0.25) is 0 Å². The quantitative estimate of drug-likeness (QED) is 0.149. The van der Waals surface area contributed by atoms with E-state index in [2.05, 4.69) is 0 Å². The Morgan fingerprint density at radius 1 is 0.471 bits per heavy atom. The van der Waals surface area contributed by atoms with Crippen molar-refractivity contribution < 1.29 is 38.4 Å². The third kappa shape index (κ3) is 29.0. The fraction of sp³-hybridized carbons (Fsp3) is 0.923. The summed E-state index contributed by atoms with van der Waals surface area (Å²) in [5, 5.41) is 8.59. The SMILES string of the molecule is COCCOCCOCCOCCOCCCC(=O)CCCCCCCCCCCCC(=O)O. The number of carboxylic acid groups (broad SMARTS) is 1. The van der Waals surface area contributed by atoms with Gasteiger partial charge in [-0.2, -0.15) is 0 Å². The van der Waals surface area contributed by atoms with Crippen LogP contribution in [-0.2, 0) is 33.3 Å². The number of hydrogen-bond donors (Lipinski definition) is 1. The predicted octanol–water partition coefficient (Wildman–Crippen LogP) is 4.81. The monoisotopic (exact) mass is 490 g/mol. The highest BCUT2D eigenvalue weighted by Crippen LogP contribution is 2.12. The van der Waals surface area contributed by atoms with Crippen molar-refractivity contribution in [2.75, 3.05) is 66.6 Å². The molecule has 0 heterocycles. The van der Waals surface area contributed by atoms with Gasteiger partial charge < -0.3 is 28.8 Å². The first-order valence-electron chi connectivity index (χ1n) is 13.2. The second kappa shape index (κ2) is 28.2. The fourth-order valence-corrected chi connectivity index (χ4v) is 3.41. The molecule has 202 valence electrons. The molecule has 0 aliphatic rings. The molecular formula is C26H50O8. The van der Waals surface area contributed by atoms with Crippen LogP contribution in [0, 0.1) is 0 Å². The first-order valence-corrected chi connectivity index (χ1v) is 13.2. The van der Waals surface area contributed by atoms with Crippen molar-refractivity contribution in [1.29, 1.82) is 0 Å². The summed E-state index contributed by atoms with van der Waals surface area (Å²) in [5.74, 6) is -0.354. The maximum absolute atomic E-state index is 11.9. The highest BCUT2D eigenvalue weighted by atomic mass is 16.6. The number of aliphatic carboxylic acids is 1. The molecule has 0 aromatic carbocycles. The lowest BCUT2D eigenvalue weighted by atomic mass is 10.0. The highest BCUT2D eigenvalue weighted by molar-refractivity contribution is 5.78. The number of unbranched alkanes of at least 4 members (excludes halogenated alkanes) is 9. The Bertz CT molecular complexity index is 445. The lowest BCUT2D eigenvalue weighted by Crippen LogP contribution is -2.13. The number of ether oxygens (including phenoxy) is 5. The molecule has 0 atom stereocenters. The summed E-state index contributed by atoms with van der Waals surface area (Å²) >= 11 is 0. The first-order chi connectivity index (χ1) is 16.7. The third-order valence-electron chi connectivity index (χ3n) is 5.39. The van der Waals surface area contributed by atoms with E-state index in [4.69, 9.17) is 28.8 Å². The molecule has 0 aliphatic carbocycles. The van der Waals surface area contributed by atoms with Crippen LogP contribution in [0.25, 0.3) is 0 Å². The molecule has 0 aromatic rings. The Hall–Kier alpha value is -1.06. The van der Waals surface area contributed by atoms with Crippen LogP contribution in [0.15, 0.2) is 0 Å². The van der Waals surface area contributed by atoms with E-state index in [9.17, 15) is 9.59 Å². The number of carboxylic acids is 1. The van der Waals surface area contributed by atoms with Crippen LogP contribution in [-0.4, -0.2) is 83.4 Å². The zero-order valence-corrected chi connectivity index (χ0v) is 21.6. The van der Waals surface area contributed by atoms with Crippen molar-refractivity contribution in [3.8, 4) is 0 Å². The topological polar surface area (TPSA) is 101 Å². The van der Waals surface area contributed by atoms with Gasteiger partial charge in [0.2, 0.25) is 0 Å². The molecule has 8 heteroatoms. The number of Topliss-reactive ketones (excluding diaryl/α,β-unsaturated/α-hetero) is 1. The van der Waals surface area contributed by atoms with Gasteiger partial charge in [0, 0.05) is 33.0 Å². The second-order valence-corrected chi connectivity index (χ2v) is 8.51. The molecule has 0 aliphatic heterocycles. The van der Waals surface area contributed by atoms with Crippen molar-refractivity contribution in [2.24, 2.45) is 0 Å². The molecule has 0 rings (SSSR count). The first kappa shape index (κ1) is 32.9. The summed E-state index contributed by atoms with van der Waals surface area (Å²) in [6, 6.07) is 0. The molecule has 8 nitrogen and oxygen atoms in total. The van der Waals surface area contributed by atoms with Crippen molar-refractivity contribution in [3.05, 3.63) is 0 Å². The number of ketones is 1. The van der Waals surface area contributed by atoms with Gasteiger partial charge in [-0.25, -0.2) is 0 Å². The highest BCUT2D eigenvalue weighted by Gasteiger charge is 2.02. The lowest BCUT2D eigenvalue weighted by Gasteiger charge is -2.07. The Labute approximate surface area is 207 Å². The number of carbonyl (C=O) groups excluding carboxylic acids is 1. The van der Waals surface area contributed by atoms with E-state index in [0.29, 0.717) is 84.5 Å². The lowest BCUT2D eigenvalue weighted by molar-refractivity contribution is -0.137. The van der Waals surface area contributed by atoms with E-state index in [1.165, 1.54) is 32.1 Å². The maximum atomic E-state index is 11.9. The fourth-order valence-electron chi connectivity index (χ4n) is 3.41. The zero-order chi connectivity index (χ0) is 25.0. The van der Waals surface area contributed by atoms with E-state index >= 15 is 0 Å². The summed E-state index contributed by atoms with van der Waals surface area (Å²) < 4.78 is 26.5. The molecule has 0 radical (unpaired) electrons. The molecule has 1 N–H and O–H groups in total. The summed E-state index contributed by atoms with van der Waals surface area (Å²) in [4.78, 5) is 22.4. The molecule has 0 saturated heterocycles. The summed E-state index contributed by atoms with van der Waals surface area (Å²) in [6.45, 7) is 5.04. The molecule has 0 spiro atoms. The van der Waals surface area contributed by atoms with Gasteiger partial charge in [-0.1, -0.05) is 51.4 Å². The molecule has 34 heavy (non-hydrogen) atoms. The van der Waals surface area contributed by atoms with Gasteiger partial charge >= 0.3 is 5.97 Å². The van der Waals surface area contributed by atoms with Crippen molar-refractivity contribution >= 4 is 11.8 Å². The van der Waals surface area contributed by atoms with Crippen LogP contribution in [0.4, 0.5) is 0 Å². The maximum Gasteiger partial charge on any atom is 0.303 e.